The molecule has 4 rings (SSSR count). The fourth-order valence-electron chi connectivity index (χ4n) is 4.41. The number of fused-ring (bicyclic) bond motifs is 5. The van der Waals surface area contributed by atoms with E-state index in [0.717, 1.165) is 24.2 Å². The SMILES string of the molecule is COC(=O)C1=CN2CCc3c([nH]c4ccccc34)[C@@H]2[C@H](C(=O)OC)[C@H]1C. The number of methoxy groups -OCH3 is 2. The summed E-state index contributed by atoms with van der Waals surface area (Å²) in [6.45, 7) is 2.62. The molecule has 0 amide bonds. The maximum absolute atomic E-state index is 12.7. The van der Waals surface area contributed by atoms with Gasteiger partial charge in [0.25, 0.3) is 0 Å². The summed E-state index contributed by atoms with van der Waals surface area (Å²) in [5, 5.41) is 1.20. The van der Waals surface area contributed by atoms with Crippen LogP contribution in [0, 0.1) is 11.8 Å². The average molecular weight is 354 g/mol. The number of H-pyrrole nitrogens is 1. The molecule has 2 aliphatic rings. The molecule has 0 saturated carbocycles. The van der Waals surface area contributed by atoms with E-state index in [2.05, 4.69) is 16.0 Å². The average Bonchev–Trinajstić information content (AvgIpc) is 3.05. The van der Waals surface area contributed by atoms with Crippen molar-refractivity contribution in [2.24, 2.45) is 11.8 Å². The zero-order chi connectivity index (χ0) is 18.4. The summed E-state index contributed by atoms with van der Waals surface area (Å²) in [6, 6.07) is 8.00. The van der Waals surface area contributed by atoms with E-state index in [9.17, 15) is 9.59 Å². The molecule has 0 bridgehead atoms. The number of rotatable bonds is 2. The molecule has 0 radical (unpaired) electrons. The van der Waals surface area contributed by atoms with Crippen LogP contribution < -0.4 is 0 Å². The van der Waals surface area contributed by atoms with Crippen LogP contribution in [0.15, 0.2) is 36.0 Å². The van der Waals surface area contributed by atoms with E-state index in [-0.39, 0.29) is 17.9 Å². The molecule has 0 fully saturated rings. The van der Waals surface area contributed by atoms with Crippen LogP contribution in [0.25, 0.3) is 10.9 Å². The summed E-state index contributed by atoms with van der Waals surface area (Å²) in [4.78, 5) is 30.5. The second kappa shape index (κ2) is 6.20. The topological polar surface area (TPSA) is 71.6 Å². The van der Waals surface area contributed by atoms with Gasteiger partial charge in [-0.3, -0.25) is 4.79 Å². The van der Waals surface area contributed by atoms with E-state index in [0.29, 0.717) is 5.57 Å². The number of para-hydroxylation sites is 1. The minimum atomic E-state index is -0.480. The van der Waals surface area contributed by atoms with Gasteiger partial charge in [-0.15, -0.1) is 0 Å². The Morgan fingerprint density at radius 2 is 1.96 bits per heavy atom. The smallest absolute Gasteiger partial charge is 0.335 e. The first kappa shape index (κ1) is 16.7. The van der Waals surface area contributed by atoms with Crippen molar-refractivity contribution in [3.05, 3.63) is 47.3 Å². The molecular weight excluding hydrogens is 332 g/mol. The number of carbonyl (C=O) groups excluding carboxylic acids is 2. The van der Waals surface area contributed by atoms with Crippen molar-refractivity contribution in [3.8, 4) is 0 Å². The third kappa shape index (κ3) is 2.32. The van der Waals surface area contributed by atoms with Crippen LogP contribution in [0.4, 0.5) is 0 Å². The third-order valence-electron chi connectivity index (χ3n) is 5.69. The van der Waals surface area contributed by atoms with Gasteiger partial charge in [-0.1, -0.05) is 25.1 Å². The van der Waals surface area contributed by atoms with Crippen LogP contribution >= 0.6 is 0 Å². The van der Waals surface area contributed by atoms with Crippen molar-refractivity contribution in [1.82, 2.24) is 9.88 Å². The second-order valence-corrected chi connectivity index (χ2v) is 6.91. The normalized spacial score (nSPS) is 24.5. The Bertz CT molecular complexity index is 914. The van der Waals surface area contributed by atoms with Crippen molar-refractivity contribution in [2.75, 3.05) is 20.8 Å². The zero-order valence-electron chi connectivity index (χ0n) is 15.1. The number of hydrogen-bond acceptors (Lipinski definition) is 5. The van der Waals surface area contributed by atoms with Gasteiger partial charge in [0.05, 0.1) is 31.8 Å². The van der Waals surface area contributed by atoms with Crippen molar-refractivity contribution in [2.45, 2.75) is 19.4 Å². The van der Waals surface area contributed by atoms with Crippen molar-refractivity contribution in [1.29, 1.82) is 0 Å². The Morgan fingerprint density at radius 1 is 1.19 bits per heavy atom. The molecular formula is C20H22N2O4. The van der Waals surface area contributed by atoms with Crippen molar-refractivity contribution in [3.63, 3.8) is 0 Å². The number of esters is 2. The zero-order valence-corrected chi connectivity index (χ0v) is 15.1. The van der Waals surface area contributed by atoms with Gasteiger partial charge in [0, 0.05) is 35.3 Å². The van der Waals surface area contributed by atoms with E-state index < -0.39 is 11.9 Å². The standard InChI is InChI=1S/C20H22N2O4/c1-11-14(19(23)25-2)10-22-9-8-13-12-6-4-5-7-15(12)21-17(13)18(22)16(11)20(24)26-3/h4-7,10-11,16,18,21H,8-9H2,1-3H3/t11-,16+,18-/m0/s1. The summed E-state index contributed by atoms with van der Waals surface area (Å²) in [6.07, 6.45) is 2.71. The predicted molar refractivity (Wildman–Crippen MR) is 96.2 cm³/mol. The Morgan fingerprint density at radius 3 is 2.69 bits per heavy atom. The lowest BCUT2D eigenvalue weighted by atomic mass is 9.75. The van der Waals surface area contributed by atoms with Gasteiger partial charge in [0.15, 0.2) is 0 Å². The maximum atomic E-state index is 12.7. The number of ether oxygens (including phenoxy) is 2. The molecule has 1 aromatic heterocycles. The number of carbonyl (C=O) groups is 2. The number of aromatic nitrogens is 1. The fraction of sp³-hybridized carbons (Fsp3) is 0.400. The monoisotopic (exact) mass is 354 g/mol. The Hall–Kier alpha value is -2.76. The number of benzene rings is 1. The first-order chi connectivity index (χ1) is 12.6. The minimum Gasteiger partial charge on any atom is -0.469 e. The quantitative estimate of drug-likeness (QED) is 0.839. The molecule has 0 aliphatic carbocycles. The lowest BCUT2D eigenvalue weighted by Gasteiger charge is -2.44. The molecule has 3 atom stereocenters. The first-order valence-electron chi connectivity index (χ1n) is 8.80. The molecule has 6 heteroatoms. The maximum Gasteiger partial charge on any atom is 0.335 e. The molecule has 0 unspecified atom stereocenters. The molecule has 1 aromatic carbocycles. The molecule has 2 aromatic rings. The number of aromatic amines is 1. The summed E-state index contributed by atoms with van der Waals surface area (Å²) in [5.41, 5.74) is 3.87. The second-order valence-electron chi connectivity index (χ2n) is 6.91. The highest BCUT2D eigenvalue weighted by Crippen LogP contribution is 2.46. The van der Waals surface area contributed by atoms with E-state index in [4.69, 9.17) is 9.47 Å². The minimum absolute atomic E-state index is 0.179. The molecule has 2 aliphatic heterocycles. The molecule has 136 valence electrons. The molecule has 6 nitrogen and oxygen atoms in total. The summed E-state index contributed by atoms with van der Waals surface area (Å²) in [5.74, 6) is -1.49. The highest BCUT2D eigenvalue weighted by Gasteiger charge is 2.47. The van der Waals surface area contributed by atoms with Gasteiger partial charge in [-0.05, 0) is 18.1 Å². The van der Waals surface area contributed by atoms with Gasteiger partial charge >= 0.3 is 11.9 Å². The molecule has 26 heavy (non-hydrogen) atoms. The Balaban J connectivity index is 1.88. The van der Waals surface area contributed by atoms with Gasteiger partial charge in [0.1, 0.15) is 0 Å². The van der Waals surface area contributed by atoms with Crippen LogP contribution in [0.1, 0.15) is 24.2 Å². The summed E-state index contributed by atoms with van der Waals surface area (Å²) < 4.78 is 10.0. The molecule has 3 heterocycles. The van der Waals surface area contributed by atoms with Crippen molar-refractivity contribution >= 4 is 22.8 Å². The van der Waals surface area contributed by atoms with E-state index in [1.165, 1.54) is 25.2 Å². The van der Waals surface area contributed by atoms with E-state index in [1.807, 2.05) is 31.3 Å². The van der Waals surface area contributed by atoms with Crippen LogP contribution in [-0.2, 0) is 25.5 Å². The Labute approximate surface area is 151 Å². The summed E-state index contributed by atoms with van der Waals surface area (Å²) >= 11 is 0. The fourth-order valence-corrected chi connectivity index (χ4v) is 4.41. The number of nitrogens with one attached hydrogen (secondary N) is 1. The van der Waals surface area contributed by atoms with Crippen LogP contribution in [0.5, 0.6) is 0 Å². The molecule has 1 N–H and O–H groups in total. The predicted octanol–water partition coefficient (Wildman–Crippen LogP) is 2.56. The first-order valence-corrected chi connectivity index (χ1v) is 8.80. The van der Waals surface area contributed by atoms with Gasteiger partial charge in [-0.25, -0.2) is 4.79 Å². The largest absolute Gasteiger partial charge is 0.469 e. The van der Waals surface area contributed by atoms with Gasteiger partial charge < -0.3 is 19.4 Å². The van der Waals surface area contributed by atoms with Crippen LogP contribution in [0.3, 0.4) is 0 Å². The third-order valence-corrected chi connectivity index (χ3v) is 5.69. The van der Waals surface area contributed by atoms with Crippen LogP contribution in [-0.4, -0.2) is 42.6 Å². The van der Waals surface area contributed by atoms with E-state index >= 15 is 0 Å². The lowest BCUT2D eigenvalue weighted by molar-refractivity contribution is -0.151. The number of nitrogens with zero attached hydrogens (tertiary/aromatic N) is 1. The van der Waals surface area contributed by atoms with E-state index in [1.54, 1.807) is 0 Å². The van der Waals surface area contributed by atoms with Gasteiger partial charge in [-0.2, -0.15) is 0 Å². The lowest BCUT2D eigenvalue weighted by Crippen LogP contribution is -2.46. The Kier molecular flexibility index (Phi) is 3.98. The summed E-state index contributed by atoms with van der Waals surface area (Å²) in [7, 11) is 2.76. The van der Waals surface area contributed by atoms with Gasteiger partial charge in [0.2, 0.25) is 0 Å². The highest BCUT2D eigenvalue weighted by atomic mass is 16.5. The molecule has 0 spiro atoms. The van der Waals surface area contributed by atoms with Crippen LogP contribution in [0.2, 0.25) is 0 Å². The highest BCUT2D eigenvalue weighted by molar-refractivity contribution is 5.91. The number of hydrogen-bond donors (Lipinski definition) is 1. The van der Waals surface area contributed by atoms with Crippen molar-refractivity contribution < 1.29 is 19.1 Å². The molecule has 0 saturated heterocycles.